The third-order valence-corrected chi connectivity index (χ3v) is 2.14. The van der Waals surface area contributed by atoms with Crippen LogP contribution >= 0.6 is 0 Å². The molecule has 1 aromatic carbocycles. The van der Waals surface area contributed by atoms with Crippen molar-refractivity contribution < 1.29 is 0 Å². The molecule has 0 saturated carbocycles. The molecule has 0 aliphatic carbocycles. The second-order valence-electron chi connectivity index (χ2n) is 2.99. The number of fused-ring (bicyclic) bond motifs is 1. The van der Waals surface area contributed by atoms with E-state index in [0.29, 0.717) is 5.65 Å². The molecule has 3 aromatic rings. The van der Waals surface area contributed by atoms with Crippen LogP contribution in [0.3, 0.4) is 0 Å². The Hall–Kier alpha value is -1.90. The average Bonchev–Trinajstić information content (AvgIpc) is 2.67. The monoisotopic (exact) mass is 170 g/mol. The van der Waals surface area contributed by atoms with Crippen molar-refractivity contribution in [3.05, 3.63) is 46.9 Å². The summed E-state index contributed by atoms with van der Waals surface area (Å²) in [7, 11) is 0. The molecule has 0 amide bonds. The van der Waals surface area contributed by atoms with Crippen LogP contribution in [0.4, 0.5) is 0 Å². The fourth-order valence-corrected chi connectivity index (χ4v) is 1.39. The predicted octanol–water partition coefficient (Wildman–Crippen LogP) is 1.24. The SMILES string of the molecule is O=c1c2nc(-c3ccccc3)cn12. The van der Waals surface area contributed by atoms with Crippen molar-refractivity contribution in [2.75, 3.05) is 0 Å². The molecule has 0 aliphatic heterocycles. The number of aromatic nitrogens is 2. The highest BCUT2D eigenvalue weighted by molar-refractivity contribution is 5.64. The van der Waals surface area contributed by atoms with Crippen molar-refractivity contribution in [2.24, 2.45) is 0 Å². The van der Waals surface area contributed by atoms with Crippen LogP contribution in [0.2, 0.25) is 0 Å². The molecule has 2 heterocycles. The van der Waals surface area contributed by atoms with Crippen molar-refractivity contribution in [3.63, 3.8) is 0 Å². The summed E-state index contributed by atoms with van der Waals surface area (Å²) in [6, 6.07) is 9.83. The van der Waals surface area contributed by atoms with E-state index >= 15 is 0 Å². The van der Waals surface area contributed by atoms with Crippen LogP contribution in [0.1, 0.15) is 0 Å². The summed E-state index contributed by atoms with van der Waals surface area (Å²) in [5.41, 5.74) is 2.52. The van der Waals surface area contributed by atoms with E-state index in [9.17, 15) is 4.79 Å². The van der Waals surface area contributed by atoms with Crippen molar-refractivity contribution in [3.8, 4) is 11.3 Å². The summed E-state index contributed by atoms with van der Waals surface area (Å²) in [5.74, 6) is 0. The van der Waals surface area contributed by atoms with Gasteiger partial charge in [0.15, 0.2) is 0 Å². The zero-order chi connectivity index (χ0) is 8.84. The molecule has 0 spiro atoms. The largest absolute Gasteiger partial charge is 0.300 e. The van der Waals surface area contributed by atoms with Crippen LogP contribution in [0.5, 0.6) is 0 Å². The van der Waals surface area contributed by atoms with Gasteiger partial charge in [-0.15, -0.1) is 0 Å². The first kappa shape index (κ1) is 6.60. The van der Waals surface area contributed by atoms with Gasteiger partial charge in [-0.3, -0.25) is 9.20 Å². The minimum atomic E-state index is 0.0275. The molecule has 2 aromatic heterocycles. The first-order valence-electron chi connectivity index (χ1n) is 4.06. The first-order chi connectivity index (χ1) is 6.36. The standard InChI is InChI=1S/C10H6N2O/c13-10-9-11-8(6-12(9)10)7-4-2-1-3-5-7/h1-6H. The molecular weight excluding hydrogens is 164 g/mol. The Bertz CT molecular complexity index is 541. The number of hydrogen-bond acceptors (Lipinski definition) is 2. The van der Waals surface area contributed by atoms with E-state index in [1.165, 1.54) is 0 Å². The van der Waals surface area contributed by atoms with Crippen LogP contribution < -0.4 is 5.56 Å². The molecule has 0 radical (unpaired) electrons. The van der Waals surface area contributed by atoms with E-state index < -0.39 is 0 Å². The van der Waals surface area contributed by atoms with Crippen LogP contribution in [-0.4, -0.2) is 9.38 Å². The molecule has 0 unspecified atom stereocenters. The summed E-state index contributed by atoms with van der Waals surface area (Å²) < 4.78 is 1.56. The lowest BCUT2D eigenvalue weighted by Gasteiger charge is -1.92. The van der Waals surface area contributed by atoms with Gasteiger partial charge >= 0.3 is 0 Å². The average molecular weight is 170 g/mol. The van der Waals surface area contributed by atoms with Crippen molar-refractivity contribution in [1.29, 1.82) is 0 Å². The van der Waals surface area contributed by atoms with Crippen molar-refractivity contribution >= 4 is 5.65 Å². The highest BCUT2D eigenvalue weighted by atomic mass is 16.1. The maximum atomic E-state index is 10.8. The molecule has 0 saturated heterocycles. The normalized spacial score (nSPS) is 11.4. The topological polar surface area (TPSA) is 34.4 Å². The maximum absolute atomic E-state index is 10.8. The van der Waals surface area contributed by atoms with Gasteiger partial charge in [0.1, 0.15) is 0 Å². The Morgan fingerprint density at radius 1 is 1.15 bits per heavy atom. The molecule has 0 N–H and O–H groups in total. The molecule has 0 fully saturated rings. The fourth-order valence-electron chi connectivity index (χ4n) is 1.39. The lowest BCUT2D eigenvalue weighted by Crippen LogP contribution is -1.85. The van der Waals surface area contributed by atoms with Gasteiger partial charge in [0.05, 0.1) is 5.69 Å². The Labute approximate surface area is 74.0 Å². The van der Waals surface area contributed by atoms with E-state index in [1.807, 2.05) is 30.3 Å². The van der Waals surface area contributed by atoms with Gasteiger partial charge in [-0.1, -0.05) is 30.3 Å². The van der Waals surface area contributed by atoms with E-state index in [2.05, 4.69) is 4.98 Å². The molecule has 0 bridgehead atoms. The Morgan fingerprint density at radius 2 is 1.92 bits per heavy atom. The maximum Gasteiger partial charge on any atom is 0.300 e. The number of imidazole rings is 1. The minimum Gasteiger partial charge on any atom is -0.265 e. The summed E-state index contributed by atoms with van der Waals surface area (Å²) in [6.07, 6.45) is 1.77. The summed E-state index contributed by atoms with van der Waals surface area (Å²) in [6.45, 7) is 0. The van der Waals surface area contributed by atoms with Crippen LogP contribution in [-0.2, 0) is 0 Å². The van der Waals surface area contributed by atoms with Crippen LogP contribution in [0.25, 0.3) is 16.9 Å². The van der Waals surface area contributed by atoms with Crippen LogP contribution in [0.15, 0.2) is 41.3 Å². The molecule has 0 aliphatic rings. The smallest absolute Gasteiger partial charge is 0.265 e. The van der Waals surface area contributed by atoms with Gasteiger partial charge in [-0.2, -0.15) is 0 Å². The van der Waals surface area contributed by atoms with E-state index in [-0.39, 0.29) is 5.56 Å². The quantitative estimate of drug-likeness (QED) is 0.550. The number of benzene rings is 1. The number of hydrogen-bond donors (Lipinski definition) is 0. The van der Waals surface area contributed by atoms with E-state index in [1.54, 1.807) is 10.6 Å². The first-order valence-corrected chi connectivity index (χ1v) is 4.06. The van der Waals surface area contributed by atoms with Gasteiger partial charge in [0.25, 0.3) is 5.56 Å². The molecule has 13 heavy (non-hydrogen) atoms. The predicted molar refractivity (Wildman–Crippen MR) is 49.3 cm³/mol. The van der Waals surface area contributed by atoms with Crippen LogP contribution in [0, 0.1) is 0 Å². The number of rotatable bonds is 1. The third kappa shape index (κ3) is 0.839. The third-order valence-electron chi connectivity index (χ3n) is 2.14. The second kappa shape index (κ2) is 2.07. The van der Waals surface area contributed by atoms with Gasteiger partial charge in [0, 0.05) is 11.8 Å². The Kier molecular flexibility index (Phi) is 1.05. The fraction of sp³-hybridized carbons (Fsp3) is 0. The molecule has 3 nitrogen and oxygen atoms in total. The Balaban J connectivity index is 2.16. The molecule has 0 atom stereocenters. The summed E-state index contributed by atoms with van der Waals surface area (Å²) in [4.78, 5) is 15.0. The highest BCUT2D eigenvalue weighted by Crippen LogP contribution is 2.18. The van der Waals surface area contributed by atoms with Gasteiger partial charge in [-0.05, 0) is 0 Å². The van der Waals surface area contributed by atoms with Crippen molar-refractivity contribution in [1.82, 2.24) is 9.38 Å². The zero-order valence-corrected chi connectivity index (χ0v) is 6.77. The molecule has 3 rings (SSSR count). The molecule has 3 heteroatoms. The zero-order valence-electron chi connectivity index (χ0n) is 6.77. The summed E-state index contributed by atoms with van der Waals surface area (Å²) >= 11 is 0. The van der Waals surface area contributed by atoms with E-state index in [0.717, 1.165) is 11.3 Å². The van der Waals surface area contributed by atoms with Crippen molar-refractivity contribution in [2.45, 2.75) is 0 Å². The lowest BCUT2D eigenvalue weighted by molar-refractivity contribution is 1.32. The minimum absolute atomic E-state index is 0.0275. The second-order valence-corrected chi connectivity index (χ2v) is 2.99. The van der Waals surface area contributed by atoms with Gasteiger partial charge in [-0.25, -0.2) is 4.98 Å². The molecular formula is C10H6N2O. The van der Waals surface area contributed by atoms with E-state index in [4.69, 9.17) is 0 Å². The highest BCUT2D eigenvalue weighted by Gasteiger charge is 2.16. The lowest BCUT2D eigenvalue weighted by atomic mass is 10.2. The summed E-state index contributed by atoms with van der Waals surface area (Å²) in [5, 5.41) is 0. The molecule has 62 valence electrons. The van der Waals surface area contributed by atoms with Gasteiger partial charge in [0.2, 0.25) is 5.65 Å². The van der Waals surface area contributed by atoms with Gasteiger partial charge < -0.3 is 0 Å². The number of nitrogens with zero attached hydrogens (tertiary/aromatic N) is 2. The Morgan fingerprint density at radius 3 is 2.54 bits per heavy atom.